The number of thioether (sulfide) groups is 1. The zero-order chi connectivity index (χ0) is 23.1. The predicted octanol–water partition coefficient (Wildman–Crippen LogP) is 5.33. The van der Waals surface area contributed by atoms with Crippen LogP contribution in [0.3, 0.4) is 0 Å². The highest BCUT2D eigenvalue weighted by atomic mass is 32.2. The summed E-state index contributed by atoms with van der Waals surface area (Å²) in [5, 5.41) is 11.3. The lowest BCUT2D eigenvalue weighted by Gasteiger charge is -2.09. The summed E-state index contributed by atoms with van der Waals surface area (Å²) in [5.74, 6) is 2.42. The minimum atomic E-state index is -0.401. The van der Waals surface area contributed by atoms with Crippen LogP contribution in [0, 0.1) is 0 Å². The van der Waals surface area contributed by atoms with E-state index in [4.69, 9.17) is 18.6 Å². The first-order valence-corrected chi connectivity index (χ1v) is 11.7. The maximum absolute atomic E-state index is 12.2. The third-order valence-electron chi connectivity index (χ3n) is 5.43. The molecule has 0 fully saturated rings. The third kappa shape index (κ3) is 3.50. The number of hydrogen-bond donors (Lipinski definition) is 0. The van der Waals surface area contributed by atoms with Gasteiger partial charge in [-0.3, -0.25) is 4.40 Å². The number of benzene rings is 2. The van der Waals surface area contributed by atoms with E-state index in [1.165, 1.54) is 17.8 Å². The minimum absolute atomic E-state index is 0.401. The van der Waals surface area contributed by atoms with Crippen LogP contribution in [-0.2, 0) is 5.75 Å². The molecule has 0 radical (unpaired) electrons. The average molecular weight is 471 g/mol. The molecule has 9 heteroatoms. The Bertz CT molecular complexity index is 1710. The van der Waals surface area contributed by atoms with Gasteiger partial charge in [0.05, 0.1) is 18.4 Å². The molecule has 0 amide bonds. The molecule has 8 nitrogen and oxygen atoms in total. The molecule has 0 aliphatic heterocycles. The van der Waals surface area contributed by atoms with Crippen LogP contribution in [0.4, 0.5) is 0 Å². The number of rotatable bonds is 6. The van der Waals surface area contributed by atoms with E-state index in [0.29, 0.717) is 40.3 Å². The van der Waals surface area contributed by atoms with Gasteiger partial charge in [-0.1, -0.05) is 23.9 Å². The van der Waals surface area contributed by atoms with Crippen molar-refractivity contribution in [3.8, 4) is 17.3 Å². The minimum Gasteiger partial charge on any atom is -0.494 e. The monoisotopic (exact) mass is 470 g/mol. The fourth-order valence-corrected chi connectivity index (χ4v) is 4.87. The Morgan fingerprint density at radius 3 is 2.79 bits per heavy atom. The molecule has 6 aromatic rings. The number of nitrogens with zero attached hydrogens (tertiary/aromatic N) is 4. The van der Waals surface area contributed by atoms with Crippen LogP contribution in [0.2, 0.25) is 0 Å². The maximum Gasteiger partial charge on any atom is 0.336 e. The van der Waals surface area contributed by atoms with Crippen LogP contribution in [0.1, 0.15) is 12.5 Å². The van der Waals surface area contributed by atoms with Gasteiger partial charge in [0.2, 0.25) is 0 Å². The molecular weight excluding hydrogens is 452 g/mol. The second kappa shape index (κ2) is 8.35. The van der Waals surface area contributed by atoms with E-state index < -0.39 is 5.63 Å². The van der Waals surface area contributed by atoms with Crippen molar-refractivity contribution in [2.24, 2.45) is 0 Å². The van der Waals surface area contributed by atoms with E-state index in [1.54, 1.807) is 18.4 Å². The Balaban J connectivity index is 1.46. The first kappa shape index (κ1) is 20.5. The van der Waals surface area contributed by atoms with Gasteiger partial charge < -0.3 is 13.6 Å². The topological polar surface area (TPSA) is 95.7 Å². The van der Waals surface area contributed by atoms with Crippen LogP contribution in [0.5, 0.6) is 5.75 Å². The maximum atomic E-state index is 12.2. The second-order valence-corrected chi connectivity index (χ2v) is 8.48. The molecule has 0 bridgehead atoms. The number of fused-ring (bicyclic) bond motifs is 4. The van der Waals surface area contributed by atoms with Crippen LogP contribution in [0.25, 0.3) is 39.1 Å². The first-order chi connectivity index (χ1) is 16.7. The molecule has 4 aromatic heterocycles. The lowest BCUT2D eigenvalue weighted by atomic mass is 10.1. The summed E-state index contributed by atoms with van der Waals surface area (Å²) in [6.45, 7) is 2.48. The molecule has 0 atom stereocenters. The van der Waals surface area contributed by atoms with Crippen molar-refractivity contribution >= 4 is 39.3 Å². The van der Waals surface area contributed by atoms with Crippen LogP contribution >= 0.6 is 11.8 Å². The number of furan rings is 1. The Hall–Kier alpha value is -4.11. The van der Waals surface area contributed by atoms with E-state index in [2.05, 4.69) is 10.2 Å². The lowest BCUT2D eigenvalue weighted by Crippen LogP contribution is -2.02. The fraction of sp³-hybridized carbons (Fsp3) is 0.120. The Morgan fingerprint density at radius 1 is 1.03 bits per heavy atom. The Kier molecular flexibility index (Phi) is 5.03. The summed E-state index contributed by atoms with van der Waals surface area (Å²) in [6.07, 6.45) is 1.61. The summed E-state index contributed by atoms with van der Waals surface area (Å²) in [7, 11) is 0. The van der Waals surface area contributed by atoms with Crippen molar-refractivity contribution in [2.75, 3.05) is 6.61 Å². The molecular formula is C25H18N4O4S. The molecule has 0 unspecified atom stereocenters. The van der Waals surface area contributed by atoms with Crippen molar-refractivity contribution in [2.45, 2.75) is 17.8 Å². The SMILES string of the molecule is CCOc1ccc2oc(=O)cc(CSc3nnc4c5ccccc5nc(-c5ccco5)n34)c2c1. The number of para-hydroxylation sites is 1. The molecule has 168 valence electrons. The van der Waals surface area contributed by atoms with Gasteiger partial charge in [-0.25, -0.2) is 9.78 Å². The van der Waals surface area contributed by atoms with Crippen LogP contribution in [0.15, 0.2) is 85.7 Å². The zero-order valence-corrected chi connectivity index (χ0v) is 18.9. The fourth-order valence-electron chi connectivity index (χ4n) is 3.95. The zero-order valence-electron chi connectivity index (χ0n) is 18.1. The summed E-state index contributed by atoms with van der Waals surface area (Å²) >= 11 is 1.46. The van der Waals surface area contributed by atoms with Crippen molar-refractivity contribution in [1.29, 1.82) is 0 Å². The van der Waals surface area contributed by atoms with Gasteiger partial charge in [-0.05, 0) is 55.0 Å². The molecule has 6 rings (SSSR count). The predicted molar refractivity (Wildman–Crippen MR) is 129 cm³/mol. The van der Waals surface area contributed by atoms with Gasteiger partial charge in [-0.2, -0.15) is 0 Å². The van der Waals surface area contributed by atoms with Crippen molar-refractivity contribution in [1.82, 2.24) is 19.6 Å². The average Bonchev–Trinajstić information content (AvgIpc) is 3.53. The van der Waals surface area contributed by atoms with E-state index in [9.17, 15) is 4.79 Å². The highest BCUT2D eigenvalue weighted by Crippen LogP contribution is 2.32. The highest BCUT2D eigenvalue weighted by molar-refractivity contribution is 7.98. The highest BCUT2D eigenvalue weighted by Gasteiger charge is 2.19. The molecule has 0 N–H and O–H groups in total. The van der Waals surface area contributed by atoms with Gasteiger partial charge in [0, 0.05) is 22.6 Å². The van der Waals surface area contributed by atoms with Crippen molar-refractivity contribution in [3.05, 3.63) is 82.9 Å². The molecule has 34 heavy (non-hydrogen) atoms. The molecule has 0 spiro atoms. The molecule has 2 aromatic carbocycles. The second-order valence-electron chi connectivity index (χ2n) is 7.54. The van der Waals surface area contributed by atoms with Crippen molar-refractivity contribution < 1.29 is 13.6 Å². The summed E-state index contributed by atoms with van der Waals surface area (Å²) in [4.78, 5) is 17.0. The van der Waals surface area contributed by atoms with Crippen LogP contribution in [-0.4, -0.2) is 26.2 Å². The summed E-state index contributed by atoms with van der Waals surface area (Å²) in [5.41, 5.74) is 2.43. The Morgan fingerprint density at radius 2 is 1.94 bits per heavy atom. The van der Waals surface area contributed by atoms with Gasteiger partial charge >= 0.3 is 5.63 Å². The molecule has 0 saturated carbocycles. The molecule has 0 aliphatic carbocycles. The van der Waals surface area contributed by atoms with Gasteiger partial charge in [0.15, 0.2) is 22.4 Å². The van der Waals surface area contributed by atoms with E-state index in [-0.39, 0.29) is 0 Å². The van der Waals surface area contributed by atoms with Crippen LogP contribution < -0.4 is 10.4 Å². The normalized spacial score (nSPS) is 11.6. The standard InChI is InChI=1S/C25H18N4O4S/c1-2-31-16-9-10-20-18(13-16)15(12-22(30)33-20)14-34-25-28-27-23-17-6-3-4-7-19(17)26-24(29(23)25)21-8-5-11-32-21/h3-13H,2,14H2,1H3. The van der Waals surface area contributed by atoms with Crippen molar-refractivity contribution in [3.63, 3.8) is 0 Å². The van der Waals surface area contributed by atoms with Gasteiger partial charge in [0.1, 0.15) is 11.3 Å². The summed E-state index contributed by atoms with van der Waals surface area (Å²) < 4.78 is 18.6. The smallest absolute Gasteiger partial charge is 0.336 e. The first-order valence-electron chi connectivity index (χ1n) is 10.7. The summed E-state index contributed by atoms with van der Waals surface area (Å²) in [6, 6.07) is 18.4. The Labute approximate surface area is 197 Å². The number of aromatic nitrogens is 4. The molecule has 0 aliphatic rings. The van der Waals surface area contributed by atoms with E-state index >= 15 is 0 Å². The van der Waals surface area contributed by atoms with Gasteiger partial charge in [0.25, 0.3) is 0 Å². The molecule has 4 heterocycles. The number of hydrogen-bond acceptors (Lipinski definition) is 8. The largest absolute Gasteiger partial charge is 0.494 e. The molecule has 0 saturated heterocycles. The lowest BCUT2D eigenvalue weighted by molar-refractivity contribution is 0.340. The number of ether oxygens (including phenoxy) is 1. The van der Waals surface area contributed by atoms with E-state index in [1.807, 2.05) is 53.8 Å². The third-order valence-corrected chi connectivity index (χ3v) is 6.40. The van der Waals surface area contributed by atoms with E-state index in [0.717, 1.165) is 27.6 Å². The van der Waals surface area contributed by atoms with Gasteiger partial charge in [-0.15, -0.1) is 10.2 Å². The quantitative estimate of drug-likeness (QED) is 0.238.